The number of nitrogens with one attached hydrogen (secondary N) is 1. The van der Waals surface area contributed by atoms with Gasteiger partial charge in [0.15, 0.2) is 5.82 Å². The van der Waals surface area contributed by atoms with Gasteiger partial charge < -0.3 is 19.7 Å². The summed E-state index contributed by atoms with van der Waals surface area (Å²) in [6.45, 7) is 19.5. The Bertz CT molecular complexity index is 1450. The van der Waals surface area contributed by atoms with Crippen LogP contribution in [0.5, 0.6) is 0 Å². The highest BCUT2D eigenvalue weighted by atomic mass is 16.1. The SMILES string of the molecule is CCCCCCCCCCCCCN(CC)CCCN(CCCCCCCCCCCCC)CCCCCC(=O)Nc1nc2ccccc2c2c1ncn2CC(C)C. The van der Waals surface area contributed by atoms with E-state index in [1.807, 2.05) is 24.5 Å². The summed E-state index contributed by atoms with van der Waals surface area (Å²) in [5, 5.41) is 4.23. The molecule has 7 nitrogen and oxygen atoms in total. The number of carbonyl (C=O) groups is 1. The highest BCUT2D eigenvalue weighted by Gasteiger charge is 2.16. The maximum atomic E-state index is 13.2. The maximum absolute atomic E-state index is 13.2. The van der Waals surface area contributed by atoms with Crippen molar-refractivity contribution in [3.8, 4) is 0 Å². The fourth-order valence-corrected chi connectivity index (χ4v) is 8.67. The van der Waals surface area contributed by atoms with Crippen LogP contribution in [0.2, 0.25) is 0 Å². The monoisotopic (exact) mass is 803 g/mol. The maximum Gasteiger partial charge on any atom is 0.225 e. The van der Waals surface area contributed by atoms with Crippen molar-refractivity contribution in [1.29, 1.82) is 0 Å². The van der Waals surface area contributed by atoms with Crippen LogP contribution in [-0.2, 0) is 11.3 Å². The number of hydrogen-bond acceptors (Lipinski definition) is 5. The molecule has 2 aromatic heterocycles. The fourth-order valence-electron chi connectivity index (χ4n) is 8.67. The number of hydrogen-bond donors (Lipinski definition) is 1. The van der Waals surface area contributed by atoms with Gasteiger partial charge in [0.25, 0.3) is 0 Å². The first-order valence-corrected chi connectivity index (χ1v) is 24.9. The van der Waals surface area contributed by atoms with E-state index in [0.717, 1.165) is 54.3 Å². The number of para-hydroxylation sites is 1. The Balaban J connectivity index is 1.39. The van der Waals surface area contributed by atoms with Gasteiger partial charge in [-0.25, -0.2) is 9.97 Å². The van der Waals surface area contributed by atoms with Gasteiger partial charge in [-0.15, -0.1) is 0 Å². The lowest BCUT2D eigenvalue weighted by Crippen LogP contribution is -2.32. The van der Waals surface area contributed by atoms with Crippen molar-refractivity contribution in [2.24, 2.45) is 5.92 Å². The molecule has 330 valence electrons. The summed E-state index contributed by atoms with van der Waals surface area (Å²) >= 11 is 0. The van der Waals surface area contributed by atoms with Gasteiger partial charge in [0, 0.05) is 18.4 Å². The van der Waals surface area contributed by atoms with E-state index in [2.05, 4.69) is 60.4 Å². The third kappa shape index (κ3) is 21.1. The number of aromatic nitrogens is 3. The van der Waals surface area contributed by atoms with Gasteiger partial charge in [-0.1, -0.05) is 188 Å². The molecule has 0 bridgehead atoms. The van der Waals surface area contributed by atoms with Crippen molar-refractivity contribution >= 4 is 33.7 Å². The van der Waals surface area contributed by atoms with E-state index in [-0.39, 0.29) is 5.91 Å². The van der Waals surface area contributed by atoms with Crippen LogP contribution in [0.25, 0.3) is 21.9 Å². The summed E-state index contributed by atoms with van der Waals surface area (Å²) in [4.78, 5) is 28.2. The Morgan fingerprint density at radius 2 is 1.07 bits per heavy atom. The molecule has 0 saturated carbocycles. The summed E-state index contributed by atoms with van der Waals surface area (Å²) in [6.07, 6.45) is 37.7. The summed E-state index contributed by atoms with van der Waals surface area (Å²) < 4.78 is 2.21. The average Bonchev–Trinajstić information content (AvgIpc) is 3.64. The van der Waals surface area contributed by atoms with Crippen molar-refractivity contribution in [2.45, 2.75) is 215 Å². The van der Waals surface area contributed by atoms with E-state index in [1.54, 1.807) is 0 Å². The van der Waals surface area contributed by atoms with Crippen LogP contribution in [0.4, 0.5) is 5.82 Å². The number of fused-ring (bicyclic) bond motifs is 3. The number of rotatable bonds is 38. The van der Waals surface area contributed by atoms with Crippen LogP contribution in [0, 0.1) is 5.92 Å². The lowest BCUT2D eigenvalue weighted by Gasteiger charge is -2.25. The van der Waals surface area contributed by atoms with Crippen molar-refractivity contribution in [3.05, 3.63) is 30.6 Å². The minimum Gasteiger partial charge on any atom is -0.330 e. The molecular formula is C51H90N6O. The van der Waals surface area contributed by atoms with E-state index in [4.69, 9.17) is 9.97 Å². The topological polar surface area (TPSA) is 66.3 Å². The molecule has 0 aliphatic heterocycles. The van der Waals surface area contributed by atoms with Crippen LogP contribution < -0.4 is 5.32 Å². The zero-order valence-corrected chi connectivity index (χ0v) is 38.7. The molecule has 3 aromatic rings. The first-order chi connectivity index (χ1) is 28.5. The third-order valence-electron chi connectivity index (χ3n) is 12.2. The Kier molecular flexibility index (Phi) is 27.7. The molecular weight excluding hydrogens is 713 g/mol. The van der Waals surface area contributed by atoms with Crippen molar-refractivity contribution < 1.29 is 4.79 Å². The van der Waals surface area contributed by atoms with E-state index in [0.29, 0.717) is 18.2 Å². The number of anilines is 1. The van der Waals surface area contributed by atoms with E-state index >= 15 is 0 Å². The second kappa shape index (κ2) is 32.3. The molecule has 2 heterocycles. The highest BCUT2D eigenvalue weighted by Crippen LogP contribution is 2.29. The zero-order valence-electron chi connectivity index (χ0n) is 38.7. The van der Waals surface area contributed by atoms with Crippen LogP contribution in [0.15, 0.2) is 30.6 Å². The molecule has 0 fully saturated rings. The summed E-state index contributed by atoms with van der Waals surface area (Å²) in [5.74, 6) is 1.12. The number of amides is 1. The molecule has 1 N–H and O–H groups in total. The average molecular weight is 803 g/mol. The van der Waals surface area contributed by atoms with Crippen molar-refractivity contribution in [3.63, 3.8) is 0 Å². The summed E-state index contributed by atoms with van der Waals surface area (Å²) in [7, 11) is 0. The predicted molar refractivity (Wildman–Crippen MR) is 253 cm³/mol. The number of carbonyl (C=O) groups excluding carboxylic acids is 1. The molecule has 58 heavy (non-hydrogen) atoms. The molecule has 0 spiro atoms. The van der Waals surface area contributed by atoms with Gasteiger partial charge in [-0.3, -0.25) is 4.79 Å². The van der Waals surface area contributed by atoms with Gasteiger partial charge >= 0.3 is 0 Å². The Labute approximate surface area is 357 Å². The van der Waals surface area contributed by atoms with Crippen LogP contribution in [0.1, 0.15) is 208 Å². The summed E-state index contributed by atoms with van der Waals surface area (Å²) in [5.41, 5.74) is 2.74. The van der Waals surface area contributed by atoms with E-state index in [9.17, 15) is 4.79 Å². The largest absolute Gasteiger partial charge is 0.330 e. The molecule has 3 rings (SSSR count). The minimum absolute atomic E-state index is 0.0396. The molecule has 0 saturated heterocycles. The first kappa shape index (κ1) is 49.8. The predicted octanol–water partition coefficient (Wildman–Crippen LogP) is 14.4. The zero-order chi connectivity index (χ0) is 41.5. The minimum atomic E-state index is 0.0396. The lowest BCUT2D eigenvalue weighted by atomic mass is 10.1. The number of unbranched alkanes of at least 4 members (excludes halogenated alkanes) is 22. The second-order valence-corrected chi connectivity index (χ2v) is 18.0. The molecule has 0 aliphatic carbocycles. The molecule has 0 aliphatic rings. The Morgan fingerprint density at radius 3 is 1.60 bits per heavy atom. The Morgan fingerprint density at radius 1 is 0.603 bits per heavy atom. The number of benzene rings is 1. The van der Waals surface area contributed by atoms with Gasteiger partial charge in [-0.05, 0) is 83.4 Å². The van der Waals surface area contributed by atoms with Gasteiger partial charge in [0.2, 0.25) is 5.91 Å². The fraction of sp³-hybridized carbons (Fsp3) is 0.784. The lowest BCUT2D eigenvalue weighted by molar-refractivity contribution is -0.116. The van der Waals surface area contributed by atoms with Crippen molar-refractivity contribution in [2.75, 3.05) is 44.6 Å². The molecule has 1 amide bonds. The number of nitrogens with zero attached hydrogens (tertiary/aromatic N) is 5. The van der Waals surface area contributed by atoms with Crippen LogP contribution in [-0.4, -0.2) is 69.5 Å². The Hall–Kier alpha value is -2.51. The number of pyridine rings is 1. The second-order valence-electron chi connectivity index (χ2n) is 18.0. The first-order valence-electron chi connectivity index (χ1n) is 24.9. The molecule has 7 heteroatoms. The molecule has 0 radical (unpaired) electrons. The smallest absolute Gasteiger partial charge is 0.225 e. The van der Waals surface area contributed by atoms with E-state index in [1.165, 1.54) is 180 Å². The van der Waals surface area contributed by atoms with Gasteiger partial charge in [0.1, 0.15) is 5.52 Å². The molecule has 0 unspecified atom stereocenters. The molecule has 0 atom stereocenters. The third-order valence-corrected chi connectivity index (χ3v) is 12.2. The summed E-state index contributed by atoms with van der Waals surface area (Å²) in [6, 6.07) is 8.19. The molecule has 1 aromatic carbocycles. The quantitative estimate of drug-likeness (QED) is 0.0585. The van der Waals surface area contributed by atoms with Crippen LogP contribution >= 0.6 is 0 Å². The van der Waals surface area contributed by atoms with Gasteiger partial charge in [-0.2, -0.15) is 0 Å². The van der Waals surface area contributed by atoms with Gasteiger partial charge in [0.05, 0.1) is 17.4 Å². The van der Waals surface area contributed by atoms with Crippen LogP contribution in [0.3, 0.4) is 0 Å². The standard InChI is InChI=1S/C51H90N6O/c1-6-9-11-13-15-17-19-21-23-25-31-38-55(8-3)41-34-42-56(39-32-26-24-22-20-18-16-14-12-10-7-2)40-33-27-28-37-48(58)54-51-49-50(57(44-52-49)43-45(4)5)46-35-29-30-36-47(46)53-51/h29-30,35-36,44-45H,6-28,31-34,37-43H2,1-5H3,(H,53,54,58). The number of imidazole rings is 1. The normalized spacial score (nSPS) is 12.0. The van der Waals surface area contributed by atoms with E-state index < -0.39 is 0 Å². The van der Waals surface area contributed by atoms with Crippen molar-refractivity contribution in [1.82, 2.24) is 24.3 Å². The highest BCUT2D eigenvalue weighted by molar-refractivity contribution is 6.09.